The first-order chi connectivity index (χ1) is 18.2. The van der Waals surface area contributed by atoms with Crippen LogP contribution < -0.4 is 9.47 Å². The van der Waals surface area contributed by atoms with E-state index in [2.05, 4.69) is 116 Å². The van der Waals surface area contributed by atoms with Gasteiger partial charge in [-0.3, -0.25) is 0 Å². The van der Waals surface area contributed by atoms with E-state index < -0.39 is 0 Å². The van der Waals surface area contributed by atoms with Crippen LogP contribution >= 0.6 is 0 Å². The van der Waals surface area contributed by atoms with Crippen LogP contribution in [-0.2, 0) is 0 Å². The highest BCUT2D eigenvalue weighted by molar-refractivity contribution is 6.09. The summed E-state index contributed by atoms with van der Waals surface area (Å²) in [4.78, 5) is 2.37. The van der Waals surface area contributed by atoms with Gasteiger partial charge in [0.15, 0.2) is 0 Å². The molecule has 0 fully saturated rings. The zero-order valence-electron chi connectivity index (χ0n) is 22.0. The number of rotatable bonds is 10. The first-order valence-corrected chi connectivity index (χ1v) is 13.2. The number of hydrogen-bond acceptors (Lipinski definition) is 3. The van der Waals surface area contributed by atoms with Crippen LogP contribution in [0.2, 0.25) is 0 Å². The molecule has 0 radical (unpaired) electrons. The van der Waals surface area contributed by atoms with Crippen molar-refractivity contribution in [3.63, 3.8) is 0 Å². The van der Waals surface area contributed by atoms with Crippen molar-refractivity contribution < 1.29 is 9.47 Å². The summed E-state index contributed by atoms with van der Waals surface area (Å²) in [5, 5.41) is 5.05. The third-order valence-corrected chi connectivity index (χ3v) is 7.35. The lowest BCUT2D eigenvalue weighted by atomic mass is 9.81. The Morgan fingerprint density at radius 1 is 0.676 bits per heavy atom. The van der Waals surface area contributed by atoms with E-state index in [0.29, 0.717) is 6.61 Å². The maximum Gasteiger partial charge on any atom is 0.123 e. The Morgan fingerprint density at radius 2 is 1.32 bits per heavy atom. The van der Waals surface area contributed by atoms with Crippen LogP contribution in [0.15, 0.2) is 103 Å². The number of ether oxygens (including phenoxy) is 2. The van der Waals surface area contributed by atoms with Gasteiger partial charge in [0.2, 0.25) is 0 Å². The summed E-state index contributed by atoms with van der Waals surface area (Å²) in [7, 11) is 1.75. The lowest BCUT2D eigenvalue weighted by molar-refractivity contribution is 0.223. The van der Waals surface area contributed by atoms with Gasteiger partial charge in [-0.15, -0.1) is 0 Å². The van der Waals surface area contributed by atoms with Gasteiger partial charge in [0.25, 0.3) is 0 Å². The zero-order chi connectivity index (χ0) is 25.6. The first-order valence-electron chi connectivity index (χ1n) is 13.2. The van der Waals surface area contributed by atoms with E-state index in [-0.39, 0.29) is 5.92 Å². The molecular weight excluding hydrogens is 454 g/mol. The predicted octanol–water partition coefficient (Wildman–Crippen LogP) is 7.90. The van der Waals surface area contributed by atoms with E-state index in [1.807, 2.05) is 6.07 Å². The summed E-state index contributed by atoms with van der Waals surface area (Å²) in [6.45, 7) is 8.08. The molecule has 0 spiro atoms. The highest BCUT2D eigenvalue weighted by atomic mass is 16.5. The number of hydrogen-bond donors (Lipinski definition) is 0. The molecule has 1 unspecified atom stereocenters. The molecule has 0 amide bonds. The Hall–Kier alpha value is -3.82. The summed E-state index contributed by atoms with van der Waals surface area (Å²) in [5.41, 5.74) is 3.63. The zero-order valence-corrected chi connectivity index (χ0v) is 22.0. The Balaban J connectivity index is 1.60. The molecule has 0 saturated carbocycles. The Labute approximate surface area is 220 Å². The summed E-state index contributed by atoms with van der Waals surface area (Å²) in [5.74, 6) is 1.80. The second-order valence-electron chi connectivity index (χ2n) is 9.35. The van der Waals surface area contributed by atoms with Gasteiger partial charge in [-0.05, 0) is 70.0 Å². The van der Waals surface area contributed by atoms with E-state index in [0.717, 1.165) is 36.7 Å². The number of fused-ring (bicyclic) bond motifs is 3. The van der Waals surface area contributed by atoms with Crippen LogP contribution in [0, 0.1) is 0 Å². The van der Waals surface area contributed by atoms with Crippen molar-refractivity contribution in [2.45, 2.75) is 19.8 Å². The Kier molecular flexibility index (Phi) is 7.72. The van der Waals surface area contributed by atoms with Crippen LogP contribution in [0.25, 0.3) is 21.5 Å². The van der Waals surface area contributed by atoms with Crippen LogP contribution in [0.4, 0.5) is 0 Å². The number of benzene rings is 5. The van der Waals surface area contributed by atoms with Gasteiger partial charge in [-0.2, -0.15) is 0 Å². The molecular formula is C34H35NO2. The molecule has 0 N–H and O–H groups in total. The molecule has 5 aromatic carbocycles. The van der Waals surface area contributed by atoms with Crippen molar-refractivity contribution in [1.29, 1.82) is 0 Å². The van der Waals surface area contributed by atoms with Gasteiger partial charge in [0.1, 0.15) is 18.1 Å². The van der Waals surface area contributed by atoms with Gasteiger partial charge < -0.3 is 14.4 Å². The predicted molar refractivity (Wildman–Crippen MR) is 155 cm³/mol. The minimum atomic E-state index is 0.00961. The third kappa shape index (κ3) is 5.19. The highest BCUT2D eigenvalue weighted by Crippen LogP contribution is 2.42. The molecule has 5 aromatic rings. The Morgan fingerprint density at radius 3 is 2.05 bits per heavy atom. The molecule has 0 aliphatic heterocycles. The van der Waals surface area contributed by atoms with Gasteiger partial charge in [0, 0.05) is 18.0 Å². The highest BCUT2D eigenvalue weighted by Gasteiger charge is 2.23. The molecule has 3 heteroatoms. The van der Waals surface area contributed by atoms with E-state index in [4.69, 9.17) is 9.47 Å². The smallest absolute Gasteiger partial charge is 0.123 e. The van der Waals surface area contributed by atoms with Gasteiger partial charge in [-0.25, -0.2) is 0 Å². The van der Waals surface area contributed by atoms with Crippen LogP contribution in [0.5, 0.6) is 11.5 Å². The topological polar surface area (TPSA) is 21.7 Å². The fraction of sp³-hybridized carbons (Fsp3) is 0.235. The monoisotopic (exact) mass is 489 g/mol. The molecule has 0 aliphatic rings. The molecule has 0 aliphatic carbocycles. The quantitative estimate of drug-likeness (QED) is 0.147. The van der Waals surface area contributed by atoms with Crippen molar-refractivity contribution >= 4 is 21.5 Å². The number of nitrogens with zero attached hydrogens (tertiary/aromatic N) is 1. The molecule has 0 saturated heterocycles. The molecule has 188 valence electrons. The molecule has 3 nitrogen and oxygen atoms in total. The summed E-state index contributed by atoms with van der Waals surface area (Å²) >= 11 is 0. The summed E-state index contributed by atoms with van der Waals surface area (Å²) < 4.78 is 12.0. The van der Waals surface area contributed by atoms with Crippen LogP contribution in [-0.4, -0.2) is 38.3 Å². The minimum absolute atomic E-state index is 0.00961. The second kappa shape index (κ2) is 11.5. The molecule has 0 aromatic heterocycles. The first kappa shape index (κ1) is 24.9. The SMILES string of the molecule is CCN(CC)CCOc1ccc(C(c2ccccc2OC)c2cc3ccccc3c3ccccc23)cc1. The summed E-state index contributed by atoms with van der Waals surface area (Å²) in [6.07, 6.45) is 0. The lowest BCUT2D eigenvalue weighted by Crippen LogP contribution is -2.27. The fourth-order valence-electron chi connectivity index (χ4n) is 5.34. The fourth-order valence-corrected chi connectivity index (χ4v) is 5.34. The van der Waals surface area contributed by atoms with Crippen molar-refractivity contribution in [3.8, 4) is 11.5 Å². The van der Waals surface area contributed by atoms with Gasteiger partial charge >= 0.3 is 0 Å². The van der Waals surface area contributed by atoms with E-state index >= 15 is 0 Å². The standard InChI is InChI=1S/C34H35NO2/c1-4-35(5-2)22-23-37-27-20-18-25(19-21-27)34(31-16-10-11-17-33(31)36-3)32-24-26-12-6-7-13-28(26)29-14-8-9-15-30(29)32/h6-21,24,34H,4-5,22-23H2,1-3H3. The minimum Gasteiger partial charge on any atom is -0.496 e. The van der Waals surface area contributed by atoms with E-state index in [9.17, 15) is 0 Å². The molecule has 37 heavy (non-hydrogen) atoms. The Bertz CT molecular complexity index is 1470. The average molecular weight is 490 g/mol. The largest absolute Gasteiger partial charge is 0.496 e. The molecule has 0 bridgehead atoms. The number of para-hydroxylation sites is 1. The van der Waals surface area contributed by atoms with Gasteiger partial charge in [0.05, 0.1) is 7.11 Å². The maximum atomic E-state index is 6.09. The second-order valence-corrected chi connectivity index (χ2v) is 9.35. The molecule has 5 rings (SSSR count). The summed E-state index contributed by atoms with van der Waals surface area (Å²) in [6, 6.07) is 36.7. The maximum absolute atomic E-state index is 6.09. The normalized spacial score (nSPS) is 12.2. The van der Waals surface area contributed by atoms with Crippen molar-refractivity contribution in [1.82, 2.24) is 4.90 Å². The van der Waals surface area contributed by atoms with Crippen molar-refractivity contribution in [3.05, 3.63) is 120 Å². The third-order valence-electron chi connectivity index (χ3n) is 7.35. The molecule has 0 heterocycles. The number of likely N-dealkylation sites (N-methyl/N-ethyl adjacent to an activating group) is 1. The van der Waals surface area contributed by atoms with Crippen molar-refractivity contribution in [2.24, 2.45) is 0 Å². The van der Waals surface area contributed by atoms with Crippen molar-refractivity contribution in [2.75, 3.05) is 33.4 Å². The van der Waals surface area contributed by atoms with Crippen LogP contribution in [0.3, 0.4) is 0 Å². The van der Waals surface area contributed by atoms with Crippen LogP contribution in [0.1, 0.15) is 36.5 Å². The van der Waals surface area contributed by atoms with E-state index in [1.54, 1.807) is 7.11 Å². The van der Waals surface area contributed by atoms with Gasteiger partial charge in [-0.1, -0.05) is 92.7 Å². The average Bonchev–Trinajstić information content (AvgIpc) is 2.96. The molecule has 1 atom stereocenters. The van der Waals surface area contributed by atoms with E-state index in [1.165, 1.54) is 32.7 Å². The number of methoxy groups -OCH3 is 1. The lowest BCUT2D eigenvalue weighted by Gasteiger charge is -2.24.